The van der Waals surface area contributed by atoms with Crippen LogP contribution in [0.25, 0.3) is 0 Å². The molecule has 1 rings (SSSR count). The maximum absolute atomic E-state index is 5.34. The third-order valence-electron chi connectivity index (χ3n) is 2.46. The number of ether oxygens (including phenoxy) is 2. The Morgan fingerprint density at radius 3 is 2.44 bits per heavy atom. The van der Waals surface area contributed by atoms with Gasteiger partial charge in [0, 0.05) is 12.5 Å². The van der Waals surface area contributed by atoms with Crippen LogP contribution < -0.4 is 9.47 Å². The predicted molar refractivity (Wildman–Crippen MR) is 69.1 cm³/mol. The zero-order chi connectivity index (χ0) is 12.1. The van der Waals surface area contributed by atoms with Gasteiger partial charge >= 0.3 is 0 Å². The van der Waals surface area contributed by atoms with E-state index in [1.165, 1.54) is 0 Å². The molecule has 0 fully saturated rings. The van der Waals surface area contributed by atoms with E-state index in [4.69, 9.17) is 15.9 Å². The van der Waals surface area contributed by atoms with Gasteiger partial charge in [0.1, 0.15) is 11.5 Å². The maximum atomic E-state index is 5.34. The van der Waals surface area contributed by atoms with Gasteiger partial charge in [-0.15, -0.1) is 12.3 Å². The molecule has 1 atom stereocenters. The second kappa shape index (κ2) is 5.81. The zero-order valence-corrected chi connectivity index (χ0v) is 11.3. The highest BCUT2D eigenvalue weighted by Gasteiger charge is 2.14. The molecule has 0 saturated carbocycles. The quantitative estimate of drug-likeness (QED) is 0.786. The van der Waals surface area contributed by atoms with Crippen LogP contribution in [-0.2, 0) is 0 Å². The molecular formula is C13H15BrO2. The lowest BCUT2D eigenvalue weighted by molar-refractivity contribution is 0.387. The summed E-state index contributed by atoms with van der Waals surface area (Å²) in [5.74, 6) is 4.50. The minimum absolute atomic E-state index is 0.266. The summed E-state index contributed by atoms with van der Waals surface area (Å²) in [7, 11) is 3.28. The summed E-state index contributed by atoms with van der Waals surface area (Å²) in [6, 6.07) is 3.87. The first-order valence-corrected chi connectivity index (χ1v) is 5.78. The molecule has 0 spiro atoms. The van der Waals surface area contributed by atoms with Crippen LogP contribution in [0.2, 0.25) is 0 Å². The smallest absolute Gasteiger partial charge is 0.136 e. The average molecular weight is 283 g/mol. The molecule has 0 aliphatic heterocycles. The average Bonchev–Trinajstić information content (AvgIpc) is 2.29. The maximum Gasteiger partial charge on any atom is 0.136 e. The number of methoxy groups -OCH3 is 2. The molecule has 0 radical (unpaired) electrons. The van der Waals surface area contributed by atoms with Crippen LogP contribution in [0.15, 0.2) is 16.6 Å². The summed E-state index contributed by atoms with van der Waals surface area (Å²) in [6.07, 6.45) is 6.01. The predicted octanol–water partition coefficient (Wildman–Crippen LogP) is 3.59. The van der Waals surface area contributed by atoms with Crippen molar-refractivity contribution in [3.63, 3.8) is 0 Å². The molecule has 0 amide bonds. The van der Waals surface area contributed by atoms with E-state index in [1.807, 2.05) is 12.1 Å². The molecule has 1 aromatic carbocycles. The van der Waals surface area contributed by atoms with E-state index in [-0.39, 0.29) is 5.92 Å². The Hall–Kier alpha value is -1.14. The molecule has 1 aromatic rings. The Kier molecular flexibility index (Phi) is 4.70. The van der Waals surface area contributed by atoms with Crippen LogP contribution in [-0.4, -0.2) is 14.2 Å². The van der Waals surface area contributed by atoms with Crippen molar-refractivity contribution in [2.75, 3.05) is 14.2 Å². The van der Waals surface area contributed by atoms with Crippen molar-refractivity contribution >= 4 is 15.9 Å². The third-order valence-corrected chi connectivity index (χ3v) is 3.08. The highest BCUT2D eigenvalue weighted by Crippen LogP contribution is 2.37. The molecule has 1 unspecified atom stereocenters. The van der Waals surface area contributed by atoms with E-state index in [0.29, 0.717) is 6.42 Å². The molecule has 16 heavy (non-hydrogen) atoms. The van der Waals surface area contributed by atoms with Gasteiger partial charge in [0.15, 0.2) is 0 Å². The minimum Gasteiger partial charge on any atom is -0.496 e. The molecule has 0 aromatic heterocycles. The van der Waals surface area contributed by atoms with Gasteiger partial charge in [-0.05, 0) is 33.5 Å². The van der Waals surface area contributed by atoms with E-state index in [2.05, 4.69) is 28.8 Å². The number of rotatable bonds is 4. The van der Waals surface area contributed by atoms with Crippen molar-refractivity contribution < 1.29 is 9.47 Å². The summed E-state index contributed by atoms with van der Waals surface area (Å²) in [4.78, 5) is 0. The first-order chi connectivity index (χ1) is 7.63. The Morgan fingerprint density at radius 1 is 1.31 bits per heavy atom. The highest BCUT2D eigenvalue weighted by molar-refractivity contribution is 9.10. The molecule has 0 heterocycles. The highest BCUT2D eigenvalue weighted by atomic mass is 79.9. The summed E-state index contributed by atoms with van der Waals surface area (Å²) < 4.78 is 11.5. The van der Waals surface area contributed by atoms with Crippen LogP contribution in [0.4, 0.5) is 0 Å². The fourth-order valence-corrected chi connectivity index (χ4v) is 2.08. The summed E-state index contributed by atoms with van der Waals surface area (Å²) >= 11 is 3.46. The van der Waals surface area contributed by atoms with Crippen molar-refractivity contribution in [2.24, 2.45) is 0 Å². The van der Waals surface area contributed by atoms with Crippen LogP contribution in [0, 0.1) is 12.3 Å². The van der Waals surface area contributed by atoms with Gasteiger partial charge in [-0.3, -0.25) is 0 Å². The number of terminal acetylenes is 1. The Morgan fingerprint density at radius 2 is 1.94 bits per heavy atom. The van der Waals surface area contributed by atoms with Crippen LogP contribution in [0.1, 0.15) is 24.8 Å². The molecule has 0 saturated heterocycles. The van der Waals surface area contributed by atoms with Crippen LogP contribution >= 0.6 is 15.9 Å². The monoisotopic (exact) mass is 282 g/mol. The third kappa shape index (κ3) is 2.70. The van der Waals surface area contributed by atoms with Gasteiger partial charge in [0.25, 0.3) is 0 Å². The number of halogens is 1. The zero-order valence-electron chi connectivity index (χ0n) is 9.71. The van der Waals surface area contributed by atoms with Crippen LogP contribution in [0.3, 0.4) is 0 Å². The summed E-state index contributed by atoms with van der Waals surface area (Å²) in [5.41, 5.74) is 1.09. The van der Waals surface area contributed by atoms with Crippen molar-refractivity contribution in [2.45, 2.75) is 19.3 Å². The molecule has 86 valence electrons. The Bertz CT molecular complexity index is 407. The van der Waals surface area contributed by atoms with Crippen molar-refractivity contribution in [3.05, 3.63) is 22.2 Å². The standard InChI is InChI=1S/C13H15BrO2/c1-5-6-9(2)10-7-11(14)13(16-4)8-12(10)15-3/h1,7-9H,6H2,2-4H3. The van der Waals surface area contributed by atoms with Crippen molar-refractivity contribution in [1.82, 2.24) is 0 Å². The van der Waals surface area contributed by atoms with Gasteiger partial charge in [-0.2, -0.15) is 0 Å². The molecular weight excluding hydrogens is 268 g/mol. The normalized spacial score (nSPS) is 11.7. The lowest BCUT2D eigenvalue weighted by Crippen LogP contribution is -1.98. The molecule has 0 aliphatic rings. The van der Waals surface area contributed by atoms with E-state index in [1.54, 1.807) is 14.2 Å². The molecule has 2 nitrogen and oxygen atoms in total. The number of hydrogen-bond donors (Lipinski definition) is 0. The van der Waals surface area contributed by atoms with Crippen molar-refractivity contribution in [3.8, 4) is 23.8 Å². The number of benzene rings is 1. The largest absolute Gasteiger partial charge is 0.496 e. The molecule has 0 aliphatic carbocycles. The first-order valence-electron chi connectivity index (χ1n) is 4.98. The second-order valence-electron chi connectivity index (χ2n) is 3.54. The summed E-state index contributed by atoms with van der Waals surface area (Å²) in [6.45, 7) is 2.08. The van der Waals surface area contributed by atoms with Gasteiger partial charge in [-0.25, -0.2) is 0 Å². The van der Waals surface area contributed by atoms with Gasteiger partial charge in [0.2, 0.25) is 0 Å². The second-order valence-corrected chi connectivity index (χ2v) is 4.39. The molecule has 0 bridgehead atoms. The van der Waals surface area contributed by atoms with Gasteiger partial charge < -0.3 is 9.47 Å². The fraction of sp³-hybridized carbons (Fsp3) is 0.385. The van der Waals surface area contributed by atoms with Gasteiger partial charge in [0.05, 0.1) is 18.7 Å². The van der Waals surface area contributed by atoms with E-state index in [9.17, 15) is 0 Å². The Balaban J connectivity index is 3.18. The van der Waals surface area contributed by atoms with E-state index in [0.717, 1.165) is 21.5 Å². The topological polar surface area (TPSA) is 18.5 Å². The SMILES string of the molecule is C#CCC(C)c1cc(Br)c(OC)cc1OC. The number of hydrogen-bond acceptors (Lipinski definition) is 2. The lowest BCUT2D eigenvalue weighted by Gasteiger charge is -2.16. The molecule has 0 N–H and O–H groups in total. The molecule has 3 heteroatoms. The minimum atomic E-state index is 0.266. The van der Waals surface area contributed by atoms with Gasteiger partial charge in [-0.1, -0.05) is 6.92 Å². The van der Waals surface area contributed by atoms with Crippen molar-refractivity contribution in [1.29, 1.82) is 0 Å². The Labute approximate surface area is 105 Å². The van der Waals surface area contributed by atoms with E-state index < -0.39 is 0 Å². The lowest BCUT2D eigenvalue weighted by atomic mass is 9.97. The fourth-order valence-electron chi connectivity index (χ4n) is 1.56. The van der Waals surface area contributed by atoms with Crippen LogP contribution in [0.5, 0.6) is 11.5 Å². The first kappa shape index (κ1) is 12.9. The van der Waals surface area contributed by atoms with E-state index >= 15 is 0 Å². The summed E-state index contributed by atoms with van der Waals surface area (Å²) in [5, 5.41) is 0.